The van der Waals surface area contributed by atoms with Crippen LogP contribution < -0.4 is 0 Å². The molecular formula is C17H24N2O2. The Morgan fingerprint density at radius 2 is 1.81 bits per heavy atom. The Kier molecular flexibility index (Phi) is 4.78. The molecule has 0 radical (unpaired) electrons. The van der Waals surface area contributed by atoms with Gasteiger partial charge in [0.2, 0.25) is 5.91 Å². The molecule has 114 valence electrons. The van der Waals surface area contributed by atoms with E-state index < -0.39 is 5.41 Å². The first-order valence-corrected chi connectivity index (χ1v) is 7.47. The highest BCUT2D eigenvalue weighted by Crippen LogP contribution is 2.33. The molecule has 4 heteroatoms. The summed E-state index contributed by atoms with van der Waals surface area (Å²) in [5.74, 6) is 0.146. The minimum absolute atomic E-state index is 0.120. The van der Waals surface area contributed by atoms with E-state index in [1.807, 2.05) is 61.2 Å². The van der Waals surface area contributed by atoms with Crippen LogP contribution in [0.3, 0.4) is 0 Å². The number of nitrogens with zero attached hydrogens (tertiary/aromatic N) is 2. The van der Waals surface area contributed by atoms with Crippen molar-refractivity contribution in [2.45, 2.75) is 31.2 Å². The fourth-order valence-corrected chi connectivity index (χ4v) is 2.86. The van der Waals surface area contributed by atoms with Crippen molar-refractivity contribution < 1.29 is 9.59 Å². The van der Waals surface area contributed by atoms with E-state index >= 15 is 0 Å². The van der Waals surface area contributed by atoms with Gasteiger partial charge in [-0.25, -0.2) is 0 Å². The number of hydrogen-bond acceptors (Lipinski definition) is 3. The van der Waals surface area contributed by atoms with Crippen molar-refractivity contribution in [1.82, 2.24) is 9.80 Å². The highest BCUT2D eigenvalue weighted by Gasteiger charge is 2.38. The number of piperidine rings is 1. The number of amides is 1. The van der Waals surface area contributed by atoms with Gasteiger partial charge in [0.15, 0.2) is 0 Å². The zero-order chi connectivity index (χ0) is 15.5. The molecule has 0 aromatic heterocycles. The lowest BCUT2D eigenvalue weighted by Crippen LogP contribution is -2.51. The van der Waals surface area contributed by atoms with E-state index in [-0.39, 0.29) is 11.9 Å². The summed E-state index contributed by atoms with van der Waals surface area (Å²) in [6, 6.07) is 9.78. The molecule has 21 heavy (non-hydrogen) atoms. The normalized spacial score (nSPS) is 19.3. The first-order chi connectivity index (χ1) is 10.00. The van der Waals surface area contributed by atoms with Crippen LogP contribution in [0.4, 0.5) is 0 Å². The van der Waals surface area contributed by atoms with Crippen LogP contribution >= 0.6 is 0 Å². The molecule has 1 saturated heterocycles. The van der Waals surface area contributed by atoms with Crippen LogP contribution in [0.2, 0.25) is 0 Å². The van der Waals surface area contributed by atoms with Crippen LogP contribution in [-0.2, 0) is 15.0 Å². The standard InChI is InChI=1S/C17H24N2O2/c1-14(18(2)3)16(21)19-11-9-17(13-20,10-12-19)15-7-5-4-6-8-15/h4-8,13-14H,9-12H2,1-3H3/t14-/m0/s1. The van der Waals surface area contributed by atoms with E-state index in [1.165, 1.54) is 0 Å². The largest absolute Gasteiger partial charge is 0.341 e. The Bertz CT molecular complexity index is 491. The van der Waals surface area contributed by atoms with Crippen molar-refractivity contribution in [3.63, 3.8) is 0 Å². The van der Waals surface area contributed by atoms with Gasteiger partial charge >= 0.3 is 0 Å². The maximum Gasteiger partial charge on any atom is 0.239 e. The van der Waals surface area contributed by atoms with Crippen molar-refractivity contribution in [2.24, 2.45) is 0 Å². The van der Waals surface area contributed by atoms with Gasteiger partial charge in [-0.05, 0) is 39.4 Å². The molecule has 1 atom stereocenters. The Morgan fingerprint density at radius 1 is 1.24 bits per heavy atom. The second-order valence-electron chi connectivity index (χ2n) is 6.10. The molecule has 0 bridgehead atoms. The molecule has 1 aliphatic rings. The second-order valence-corrected chi connectivity index (χ2v) is 6.10. The van der Waals surface area contributed by atoms with Crippen molar-refractivity contribution in [3.05, 3.63) is 35.9 Å². The predicted octanol–water partition coefficient (Wildman–Crippen LogP) is 1.70. The topological polar surface area (TPSA) is 40.6 Å². The van der Waals surface area contributed by atoms with Gasteiger partial charge in [0, 0.05) is 13.1 Å². The molecule has 0 spiro atoms. The maximum absolute atomic E-state index is 12.4. The molecule has 1 aliphatic heterocycles. The lowest BCUT2D eigenvalue weighted by Gasteiger charge is -2.40. The van der Waals surface area contributed by atoms with Crippen LogP contribution in [0, 0.1) is 0 Å². The van der Waals surface area contributed by atoms with Gasteiger partial charge in [-0.1, -0.05) is 30.3 Å². The number of hydrogen-bond donors (Lipinski definition) is 0. The van der Waals surface area contributed by atoms with E-state index in [0.717, 1.165) is 11.8 Å². The summed E-state index contributed by atoms with van der Waals surface area (Å²) in [5.41, 5.74) is 0.632. The molecule has 0 N–H and O–H groups in total. The maximum atomic E-state index is 12.4. The second kappa shape index (κ2) is 6.39. The zero-order valence-electron chi connectivity index (χ0n) is 13.1. The molecule has 1 fully saturated rings. The Morgan fingerprint density at radius 3 is 2.29 bits per heavy atom. The van der Waals surface area contributed by atoms with E-state index in [0.29, 0.717) is 25.9 Å². The minimum atomic E-state index is -0.431. The van der Waals surface area contributed by atoms with E-state index in [1.54, 1.807) is 0 Å². The first kappa shape index (κ1) is 15.7. The van der Waals surface area contributed by atoms with Crippen LogP contribution in [0.5, 0.6) is 0 Å². The number of benzene rings is 1. The fourth-order valence-electron chi connectivity index (χ4n) is 2.86. The zero-order valence-corrected chi connectivity index (χ0v) is 13.1. The molecule has 1 heterocycles. The fraction of sp³-hybridized carbons (Fsp3) is 0.529. The van der Waals surface area contributed by atoms with Gasteiger partial charge in [-0.15, -0.1) is 0 Å². The summed E-state index contributed by atoms with van der Waals surface area (Å²) in [6.07, 6.45) is 2.47. The number of likely N-dealkylation sites (N-methyl/N-ethyl adjacent to an activating group) is 1. The van der Waals surface area contributed by atoms with Gasteiger partial charge < -0.3 is 9.69 Å². The molecule has 1 amide bonds. The SMILES string of the molecule is C[C@@H](C(=O)N1CCC(C=O)(c2ccccc2)CC1)N(C)C. The van der Waals surface area contributed by atoms with Crippen molar-refractivity contribution in [3.8, 4) is 0 Å². The number of likely N-dealkylation sites (tertiary alicyclic amines) is 1. The van der Waals surface area contributed by atoms with Crippen LogP contribution in [-0.4, -0.2) is 55.2 Å². The number of carbonyl (C=O) groups excluding carboxylic acids is 2. The Hall–Kier alpha value is -1.68. The summed E-state index contributed by atoms with van der Waals surface area (Å²) in [6.45, 7) is 3.20. The minimum Gasteiger partial charge on any atom is -0.341 e. The van der Waals surface area contributed by atoms with Gasteiger partial charge in [-0.2, -0.15) is 0 Å². The van der Waals surface area contributed by atoms with Gasteiger partial charge in [-0.3, -0.25) is 9.69 Å². The number of aldehydes is 1. The first-order valence-electron chi connectivity index (χ1n) is 7.47. The van der Waals surface area contributed by atoms with Gasteiger partial charge in [0.1, 0.15) is 6.29 Å². The quantitative estimate of drug-likeness (QED) is 0.792. The molecule has 4 nitrogen and oxygen atoms in total. The van der Waals surface area contributed by atoms with E-state index in [4.69, 9.17) is 0 Å². The highest BCUT2D eigenvalue weighted by molar-refractivity contribution is 5.82. The van der Waals surface area contributed by atoms with Crippen molar-refractivity contribution in [1.29, 1.82) is 0 Å². The molecule has 0 unspecified atom stereocenters. The molecular weight excluding hydrogens is 264 g/mol. The summed E-state index contributed by atoms with van der Waals surface area (Å²) in [5, 5.41) is 0. The monoisotopic (exact) mass is 288 g/mol. The van der Waals surface area contributed by atoms with Crippen LogP contribution in [0.15, 0.2) is 30.3 Å². The summed E-state index contributed by atoms with van der Waals surface area (Å²) in [4.78, 5) is 27.9. The highest BCUT2D eigenvalue weighted by atomic mass is 16.2. The van der Waals surface area contributed by atoms with Crippen LogP contribution in [0.25, 0.3) is 0 Å². The van der Waals surface area contributed by atoms with E-state index in [2.05, 4.69) is 0 Å². The molecule has 2 rings (SSSR count). The Balaban J connectivity index is 2.08. The third-order valence-electron chi connectivity index (χ3n) is 4.67. The summed E-state index contributed by atoms with van der Waals surface area (Å²) in [7, 11) is 3.82. The predicted molar refractivity (Wildman–Crippen MR) is 83.1 cm³/mol. The van der Waals surface area contributed by atoms with Gasteiger partial charge in [0.05, 0.1) is 11.5 Å². The molecule has 1 aromatic carbocycles. The molecule has 1 aromatic rings. The average molecular weight is 288 g/mol. The van der Waals surface area contributed by atoms with E-state index in [9.17, 15) is 9.59 Å². The van der Waals surface area contributed by atoms with Crippen molar-refractivity contribution >= 4 is 12.2 Å². The third kappa shape index (κ3) is 3.16. The van der Waals surface area contributed by atoms with Crippen molar-refractivity contribution in [2.75, 3.05) is 27.2 Å². The lowest BCUT2D eigenvalue weighted by atomic mass is 9.74. The third-order valence-corrected chi connectivity index (χ3v) is 4.67. The Labute approximate surface area is 126 Å². The smallest absolute Gasteiger partial charge is 0.239 e. The van der Waals surface area contributed by atoms with Gasteiger partial charge in [0.25, 0.3) is 0 Å². The average Bonchev–Trinajstić information content (AvgIpc) is 2.54. The molecule has 0 aliphatic carbocycles. The lowest BCUT2D eigenvalue weighted by molar-refractivity contribution is -0.138. The summed E-state index contributed by atoms with van der Waals surface area (Å²) < 4.78 is 0. The summed E-state index contributed by atoms with van der Waals surface area (Å²) >= 11 is 0. The van der Waals surface area contributed by atoms with Crippen LogP contribution in [0.1, 0.15) is 25.3 Å². The number of carbonyl (C=O) groups is 2. The number of rotatable bonds is 4. The molecule has 0 saturated carbocycles.